The van der Waals surface area contributed by atoms with Crippen molar-refractivity contribution in [1.82, 2.24) is 4.90 Å². The molecule has 0 spiro atoms. The molecule has 4 atom stereocenters. The molecule has 218 valence electrons. The molecule has 1 rings (SSSR count). The van der Waals surface area contributed by atoms with Gasteiger partial charge in [-0.15, -0.1) is 0 Å². The van der Waals surface area contributed by atoms with Crippen LogP contribution in [0.4, 0.5) is 0 Å². The quantitative estimate of drug-likeness (QED) is 0.134. The number of rotatable bonds is 13. The fourth-order valence-corrected chi connectivity index (χ4v) is 8.10. The first-order valence-electron chi connectivity index (χ1n) is 14.1. The predicted molar refractivity (Wildman–Crippen MR) is 169 cm³/mol. The van der Waals surface area contributed by atoms with Crippen LogP contribution >= 0.6 is 24.0 Å². The topological polar surface area (TPSA) is 59.0 Å². The average molecular weight is 592 g/mol. The molecule has 9 heteroatoms. The number of thioether (sulfide) groups is 1. The summed E-state index contributed by atoms with van der Waals surface area (Å²) in [6.45, 7) is 29.7. The van der Waals surface area contributed by atoms with E-state index >= 15 is 0 Å². The Morgan fingerprint density at radius 1 is 1.05 bits per heavy atom. The van der Waals surface area contributed by atoms with Crippen molar-refractivity contribution in [2.24, 2.45) is 11.8 Å². The number of carbonyl (C=O) groups excluding carboxylic acids is 1. The lowest BCUT2D eigenvalue weighted by atomic mass is 9.92. The summed E-state index contributed by atoms with van der Waals surface area (Å²) in [6, 6.07) is 0.104. The Kier molecular flexibility index (Phi) is 13.1. The Hall–Kier alpha value is 0.224. The highest BCUT2D eigenvalue weighted by atomic mass is 32.2. The van der Waals surface area contributed by atoms with Crippen LogP contribution in [-0.4, -0.2) is 67.5 Å². The van der Waals surface area contributed by atoms with E-state index in [4.69, 9.17) is 21.1 Å². The fraction of sp³-hybridized carbons (Fsp3) is 0.929. The van der Waals surface area contributed by atoms with Crippen molar-refractivity contribution in [1.29, 1.82) is 0 Å². The number of hydrogen-bond acceptors (Lipinski definition) is 6. The van der Waals surface area contributed by atoms with E-state index in [-0.39, 0.29) is 40.5 Å². The highest BCUT2D eigenvalue weighted by Gasteiger charge is 2.42. The second-order valence-electron chi connectivity index (χ2n) is 14.3. The number of aliphatic hydroxyl groups is 1. The van der Waals surface area contributed by atoms with Crippen LogP contribution in [-0.2, 0) is 13.6 Å². The number of carbonyl (C=O) groups is 1. The standard InChI is InChI=1S/C28H57NO4S2Si2/c1-20(2)22-19-35-26(34)29(22)25(31)18-23(30)21(3)24(33-37(12,13)28(7,8)9)16-14-15-17-32-36(10,11)27(4,5)6/h20-24,30H,14-19H2,1-13H3/t21-,22+,23+,24-/m1/s1. The van der Waals surface area contributed by atoms with Gasteiger partial charge in [0.25, 0.3) is 0 Å². The Bertz CT molecular complexity index is 762. The molecular weight excluding hydrogens is 535 g/mol. The Morgan fingerprint density at radius 2 is 1.59 bits per heavy atom. The highest BCUT2D eigenvalue weighted by Crippen LogP contribution is 2.40. The number of hydrogen-bond donors (Lipinski definition) is 1. The van der Waals surface area contributed by atoms with Gasteiger partial charge in [-0.05, 0) is 61.4 Å². The summed E-state index contributed by atoms with van der Waals surface area (Å²) in [5.74, 6) is 0.944. The minimum Gasteiger partial charge on any atom is -0.417 e. The molecule has 0 aromatic heterocycles. The van der Waals surface area contributed by atoms with Crippen molar-refractivity contribution < 1.29 is 18.8 Å². The molecule has 1 aliphatic heterocycles. The van der Waals surface area contributed by atoms with E-state index < -0.39 is 22.7 Å². The van der Waals surface area contributed by atoms with Gasteiger partial charge < -0.3 is 14.0 Å². The van der Waals surface area contributed by atoms with Crippen molar-refractivity contribution in [2.45, 2.75) is 143 Å². The summed E-state index contributed by atoms with van der Waals surface area (Å²) in [6.07, 6.45) is 2.01. The zero-order valence-corrected chi connectivity index (χ0v) is 29.7. The van der Waals surface area contributed by atoms with E-state index in [1.165, 1.54) is 0 Å². The summed E-state index contributed by atoms with van der Waals surface area (Å²) in [5, 5.41) is 11.5. The van der Waals surface area contributed by atoms with Crippen molar-refractivity contribution in [2.75, 3.05) is 12.4 Å². The molecule has 5 nitrogen and oxygen atoms in total. The lowest BCUT2D eigenvalue weighted by Crippen LogP contribution is -2.48. The Balaban J connectivity index is 2.89. The van der Waals surface area contributed by atoms with E-state index in [1.807, 2.05) is 6.92 Å². The normalized spacial score (nSPS) is 20.5. The number of thiocarbonyl (C=S) groups is 1. The van der Waals surface area contributed by atoms with E-state index in [2.05, 4.69) is 81.6 Å². The molecule has 1 aliphatic rings. The van der Waals surface area contributed by atoms with E-state index in [0.29, 0.717) is 10.2 Å². The van der Waals surface area contributed by atoms with Crippen molar-refractivity contribution in [3.8, 4) is 0 Å². The third kappa shape index (κ3) is 9.97. The molecule has 0 aliphatic carbocycles. The van der Waals surface area contributed by atoms with Crippen LogP contribution in [0.25, 0.3) is 0 Å². The minimum absolute atomic E-state index is 0.0677. The van der Waals surface area contributed by atoms with Crippen molar-refractivity contribution in [3.05, 3.63) is 0 Å². The van der Waals surface area contributed by atoms with Gasteiger partial charge in [0, 0.05) is 24.3 Å². The predicted octanol–water partition coefficient (Wildman–Crippen LogP) is 7.84. The van der Waals surface area contributed by atoms with Crippen LogP contribution in [0.2, 0.25) is 36.3 Å². The molecule has 0 unspecified atom stereocenters. The molecule has 1 amide bonds. The molecule has 0 aromatic carbocycles. The third-order valence-electron chi connectivity index (χ3n) is 8.93. The van der Waals surface area contributed by atoms with Gasteiger partial charge in [-0.3, -0.25) is 9.69 Å². The number of nitrogens with zero attached hydrogens (tertiary/aromatic N) is 1. The van der Waals surface area contributed by atoms with Crippen LogP contribution in [0, 0.1) is 11.8 Å². The summed E-state index contributed by atoms with van der Waals surface area (Å²) in [7, 11) is -3.81. The summed E-state index contributed by atoms with van der Waals surface area (Å²) in [4.78, 5) is 15.0. The summed E-state index contributed by atoms with van der Waals surface area (Å²) >= 11 is 7.05. The second kappa shape index (κ2) is 13.7. The van der Waals surface area contributed by atoms with Gasteiger partial charge in [0.15, 0.2) is 16.6 Å². The average Bonchev–Trinajstić information content (AvgIpc) is 3.12. The Labute approximate surface area is 240 Å². The van der Waals surface area contributed by atoms with Gasteiger partial charge >= 0.3 is 0 Å². The maximum Gasteiger partial charge on any atom is 0.230 e. The molecule has 0 aromatic rings. The minimum atomic E-state index is -2.06. The molecule has 1 saturated heterocycles. The van der Waals surface area contributed by atoms with Gasteiger partial charge in [-0.1, -0.05) is 86.3 Å². The Morgan fingerprint density at radius 3 is 2.08 bits per heavy atom. The van der Waals surface area contributed by atoms with E-state index in [9.17, 15) is 9.90 Å². The molecule has 37 heavy (non-hydrogen) atoms. The van der Waals surface area contributed by atoms with Crippen molar-refractivity contribution >= 4 is 50.8 Å². The largest absolute Gasteiger partial charge is 0.417 e. The SMILES string of the molecule is CC(C)[C@@H]1CSC(=S)N1C(=O)C[C@H](O)[C@@H](C)[C@@H](CCCCO[Si](C)(C)C(C)(C)C)O[Si](C)(C)C(C)(C)C. The highest BCUT2D eigenvalue weighted by molar-refractivity contribution is 8.23. The summed E-state index contributed by atoms with van der Waals surface area (Å²) < 4.78 is 13.9. The maximum atomic E-state index is 13.2. The monoisotopic (exact) mass is 591 g/mol. The molecule has 0 radical (unpaired) electrons. The van der Waals surface area contributed by atoms with E-state index in [1.54, 1.807) is 16.7 Å². The number of unbranched alkanes of at least 4 members (excludes halogenated alkanes) is 1. The lowest BCUT2D eigenvalue weighted by molar-refractivity contribution is -0.132. The van der Waals surface area contributed by atoms with Crippen LogP contribution in [0.3, 0.4) is 0 Å². The van der Waals surface area contributed by atoms with E-state index in [0.717, 1.165) is 31.6 Å². The van der Waals surface area contributed by atoms with Gasteiger partial charge in [0.05, 0.1) is 18.6 Å². The molecule has 0 saturated carbocycles. The first-order valence-corrected chi connectivity index (χ1v) is 21.3. The van der Waals surface area contributed by atoms with Gasteiger partial charge in [-0.2, -0.15) is 0 Å². The number of aliphatic hydroxyl groups excluding tert-OH is 1. The van der Waals surface area contributed by atoms with Gasteiger partial charge in [0.2, 0.25) is 5.91 Å². The second-order valence-corrected chi connectivity index (χ2v) is 25.5. The van der Waals surface area contributed by atoms with Gasteiger partial charge in [0.1, 0.15) is 4.32 Å². The molecule has 1 N–H and O–H groups in total. The van der Waals surface area contributed by atoms with Crippen molar-refractivity contribution in [3.63, 3.8) is 0 Å². The third-order valence-corrected chi connectivity index (χ3v) is 19.5. The lowest BCUT2D eigenvalue weighted by Gasteiger charge is -2.42. The molecule has 0 bridgehead atoms. The van der Waals surface area contributed by atoms with Crippen LogP contribution in [0.15, 0.2) is 0 Å². The van der Waals surface area contributed by atoms with Crippen LogP contribution in [0.1, 0.15) is 88.0 Å². The smallest absolute Gasteiger partial charge is 0.230 e. The molecule has 1 heterocycles. The van der Waals surface area contributed by atoms with Crippen LogP contribution in [0.5, 0.6) is 0 Å². The van der Waals surface area contributed by atoms with Crippen LogP contribution < -0.4 is 0 Å². The summed E-state index contributed by atoms with van der Waals surface area (Å²) in [5.41, 5.74) is 0. The molecule has 1 fully saturated rings. The van der Waals surface area contributed by atoms with Gasteiger partial charge in [-0.25, -0.2) is 0 Å². The fourth-order valence-electron chi connectivity index (χ4n) is 3.90. The number of amides is 1. The zero-order valence-electron chi connectivity index (χ0n) is 26.1. The maximum absolute atomic E-state index is 13.2. The first-order chi connectivity index (χ1) is 16.6. The zero-order chi connectivity index (χ0) is 29.0. The first kappa shape index (κ1) is 35.3. The molecular formula is C28H57NO4S2Si2.